The molecule has 1 aromatic rings. The van der Waals surface area contributed by atoms with Crippen LogP contribution in [0.5, 0.6) is 5.88 Å². The second kappa shape index (κ2) is 2.60. The lowest BCUT2D eigenvalue weighted by Gasteiger charge is -1.94. The van der Waals surface area contributed by atoms with Gasteiger partial charge in [0, 0.05) is 6.07 Å². The number of nitrogens with zero attached hydrogens (tertiary/aromatic N) is 2. The summed E-state index contributed by atoms with van der Waals surface area (Å²) in [6, 6.07) is 1.34. The number of aryl methyl sites for hydroxylation is 1. The van der Waals surface area contributed by atoms with E-state index in [1.165, 1.54) is 6.07 Å². The lowest BCUT2D eigenvalue weighted by Crippen LogP contribution is -1.93. The number of aromatic nitrogens is 2. The SMILES string of the molecule is CCc1cc(O)nc(F)n1. The normalized spacial score (nSPS) is 9.80. The van der Waals surface area contributed by atoms with Crippen LogP contribution in [0.1, 0.15) is 12.6 Å². The molecule has 1 aromatic heterocycles. The Morgan fingerprint density at radius 2 is 2.30 bits per heavy atom. The molecule has 0 unspecified atom stereocenters. The largest absolute Gasteiger partial charge is 0.493 e. The monoisotopic (exact) mass is 142 g/mol. The molecule has 0 bridgehead atoms. The third-order valence-corrected chi connectivity index (χ3v) is 1.10. The molecule has 1 N–H and O–H groups in total. The van der Waals surface area contributed by atoms with Crippen molar-refractivity contribution in [1.29, 1.82) is 0 Å². The number of hydrogen-bond acceptors (Lipinski definition) is 3. The van der Waals surface area contributed by atoms with E-state index in [1.54, 1.807) is 0 Å². The molecule has 4 heteroatoms. The zero-order valence-electron chi connectivity index (χ0n) is 5.50. The molecule has 0 aliphatic carbocycles. The Morgan fingerprint density at radius 1 is 1.60 bits per heavy atom. The van der Waals surface area contributed by atoms with E-state index in [0.29, 0.717) is 12.1 Å². The van der Waals surface area contributed by atoms with E-state index in [9.17, 15) is 4.39 Å². The van der Waals surface area contributed by atoms with E-state index in [2.05, 4.69) is 9.97 Å². The first kappa shape index (κ1) is 6.92. The summed E-state index contributed by atoms with van der Waals surface area (Å²) in [5.74, 6) is -0.315. The number of halogens is 1. The molecule has 0 spiro atoms. The lowest BCUT2D eigenvalue weighted by molar-refractivity contribution is 0.422. The maximum Gasteiger partial charge on any atom is 0.312 e. The third-order valence-electron chi connectivity index (χ3n) is 1.10. The van der Waals surface area contributed by atoms with Gasteiger partial charge < -0.3 is 5.11 Å². The molecular weight excluding hydrogens is 135 g/mol. The molecule has 0 atom stereocenters. The predicted molar refractivity (Wildman–Crippen MR) is 33.0 cm³/mol. The van der Waals surface area contributed by atoms with Gasteiger partial charge >= 0.3 is 6.08 Å². The van der Waals surface area contributed by atoms with Crippen molar-refractivity contribution in [2.45, 2.75) is 13.3 Å². The van der Waals surface area contributed by atoms with Crippen LogP contribution in [0.25, 0.3) is 0 Å². The van der Waals surface area contributed by atoms with Gasteiger partial charge in [-0.25, -0.2) is 4.98 Å². The van der Waals surface area contributed by atoms with E-state index < -0.39 is 6.08 Å². The van der Waals surface area contributed by atoms with Crippen LogP contribution in [-0.4, -0.2) is 15.1 Å². The second-order valence-corrected chi connectivity index (χ2v) is 1.84. The molecule has 1 rings (SSSR count). The Hall–Kier alpha value is -1.19. The highest BCUT2D eigenvalue weighted by molar-refractivity contribution is 5.11. The summed E-state index contributed by atoms with van der Waals surface area (Å²) in [6.07, 6.45) is -0.288. The van der Waals surface area contributed by atoms with Crippen LogP contribution in [0.2, 0.25) is 0 Å². The van der Waals surface area contributed by atoms with Gasteiger partial charge in [0.15, 0.2) is 0 Å². The zero-order chi connectivity index (χ0) is 7.56. The summed E-state index contributed by atoms with van der Waals surface area (Å²) in [4.78, 5) is 6.47. The molecule has 10 heavy (non-hydrogen) atoms. The van der Waals surface area contributed by atoms with E-state index in [1.807, 2.05) is 6.92 Å². The van der Waals surface area contributed by atoms with Crippen molar-refractivity contribution in [2.75, 3.05) is 0 Å². The molecule has 3 nitrogen and oxygen atoms in total. The molecule has 0 amide bonds. The van der Waals surface area contributed by atoms with E-state index in [-0.39, 0.29) is 5.88 Å². The summed E-state index contributed by atoms with van der Waals surface area (Å²) in [5.41, 5.74) is 0.505. The predicted octanol–water partition coefficient (Wildman–Crippen LogP) is 0.884. The van der Waals surface area contributed by atoms with Crippen LogP contribution in [0.15, 0.2) is 6.07 Å². The Bertz CT molecular complexity index is 219. The lowest BCUT2D eigenvalue weighted by atomic mass is 10.3. The molecule has 0 aliphatic heterocycles. The van der Waals surface area contributed by atoms with E-state index >= 15 is 0 Å². The van der Waals surface area contributed by atoms with Gasteiger partial charge in [0.1, 0.15) is 0 Å². The van der Waals surface area contributed by atoms with Crippen molar-refractivity contribution in [1.82, 2.24) is 9.97 Å². The highest BCUT2D eigenvalue weighted by Crippen LogP contribution is 2.05. The molecule has 0 aliphatic rings. The highest BCUT2D eigenvalue weighted by atomic mass is 19.1. The topological polar surface area (TPSA) is 46.0 Å². The molecule has 1 heterocycles. The maximum absolute atomic E-state index is 12.2. The van der Waals surface area contributed by atoms with Gasteiger partial charge in [-0.3, -0.25) is 0 Å². The van der Waals surface area contributed by atoms with E-state index in [4.69, 9.17) is 5.11 Å². The zero-order valence-corrected chi connectivity index (χ0v) is 5.50. The Morgan fingerprint density at radius 3 is 2.80 bits per heavy atom. The van der Waals surface area contributed by atoms with Crippen LogP contribution in [0.4, 0.5) is 4.39 Å². The van der Waals surface area contributed by atoms with Crippen molar-refractivity contribution in [3.63, 3.8) is 0 Å². The van der Waals surface area contributed by atoms with Crippen LogP contribution < -0.4 is 0 Å². The minimum atomic E-state index is -0.878. The van der Waals surface area contributed by atoms with Gasteiger partial charge in [0.25, 0.3) is 0 Å². The van der Waals surface area contributed by atoms with Gasteiger partial charge in [-0.15, -0.1) is 0 Å². The minimum Gasteiger partial charge on any atom is -0.493 e. The van der Waals surface area contributed by atoms with Gasteiger partial charge in [0.2, 0.25) is 5.88 Å². The fourth-order valence-electron chi connectivity index (χ4n) is 0.633. The Labute approximate surface area is 57.6 Å². The number of hydrogen-bond donors (Lipinski definition) is 1. The summed E-state index contributed by atoms with van der Waals surface area (Å²) < 4.78 is 12.2. The summed E-state index contributed by atoms with van der Waals surface area (Å²) in [7, 11) is 0. The first-order valence-corrected chi connectivity index (χ1v) is 2.95. The fourth-order valence-corrected chi connectivity index (χ4v) is 0.633. The smallest absolute Gasteiger partial charge is 0.312 e. The average Bonchev–Trinajstić information content (AvgIpc) is 1.85. The molecule has 54 valence electrons. The molecule has 0 fully saturated rings. The maximum atomic E-state index is 12.2. The minimum absolute atomic E-state index is 0.315. The van der Waals surface area contributed by atoms with Gasteiger partial charge in [0.05, 0.1) is 5.69 Å². The van der Waals surface area contributed by atoms with Crippen molar-refractivity contribution in [2.24, 2.45) is 0 Å². The molecule has 0 saturated carbocycles. The quantitative estimate of drug-likeness (QED) is 0.592. The van der Waals surface area contributed by atoms with Crippen LogP contribution in [0.3, 0.4) is 0 Å². The summed E-state index contributed by atoms with van der Waals surface area (Å²) in [6.45, 7) is 1.82. The molecular formula is C6H7FN2O. The van der Waals surface area contributed by atoms with Gasteiger partial charge in [-0.05, 0) is 6.42 Å². The highest BCUT2D eigenvalue weighted by Gasteiger charge is 1.99. The van der Waals surface area contributed by atoms with Crippen LogP contribution in [-0.2, 0) is 6.42 Å². The van der Waals surface area contributed by atoms with E-state index in [0.717, 1.165) is 0 Å². The van der Waals surface area contributed by atoms with Crippen molar-refractivity contribution in [3.8, 4) is 5.88 Å². The standard InChI is InChI=1S/C6H7FN2O/c1-2-4-3-5(10)9-6(7)8-4/h3H,2H2,1H3,(H,8,9,10). The Kier molecular flexibility index (Phi) is 1.80. The summed E-state index contributed by atoms with van der Waals surface area (Å²) >= 11 is 0. The third kappa shape index (κ3) is 1.40. The fraction of sp³-hybridized carbons (Fsp3) is 0.333. The van der Waals surface area contributed by atoms with Crippen molar-refractivity contribution < 1.29 is 9.50 Å². The van der Waals surface area contributed by atoms with Crippen molar-refractivity contribution in [3.05, 3.63) is 17.8 Å². The Balaban J connectivity index is 3.06. The molecule has 0 saturated heterocycles. The van der Waals surface area contributed by atoms with Crippen LogP contribution in [0, 0.1) is 6.08 Å². The van der Waals surface area contributed by atoms with Crippen molar-refractivity contribution >= 4 is 0 Å². The number of aromatic hydroxyl groups is 1. The van der Waals surface area contributed by atoms with Crippen LogP contribution >= 0.6 is 0 Å². The first-order chi connectivity index (χ1) is 4.72. The molecule has 0 radical (unpaired) electrons. The average molecular weight is 142 g/mol. The van der Waals surface area contributed by atoms with Gasteiger partial charge in [-0.2, -0.15) is 9.37 Å². The number of rotatable bonds is 1. The first-order valence-electron chi connectivity index (χ1n) is 2.95. The molecule has 0 aromatic carbocycles. The van der Waals surface area contributed by atoms with Gasteiger partial charge in [-0.1, -0.05) is 6.92 Å². The second-order valence-electron chi connectivity index (χ2n) is 1.84. The summed E-state index contributed by atoms with van der Waals surface area (Å²) in [5, 5.41) is 8.73.